The lowest BCUT2D eigenvalue weighted by molar-refractivity contribution is -0.117. The van der Waals surface area contributed by atoms with Gasteiger partial charge < -0.3 is 5.73 Å². The summed E-state index contributed by atoms with van der Waals surface area (Å²) in [6.07, 6.45) is 0.107. The van der Waals surface area contributed by atoms with Crippen LogP contribution in [0.5, 0.6) is 0 Å². The highest BCUT2D eigenvalue weighted by molar-refractivity contribution is 6.00. The number of hydrogen-bond acceptors (Lipinski definition) is 4. The summed E-state index contributed by atoms with van der Waals surface area (Å²) < 4.78 is 0. The zero-order chi connectivity index (χ0) is 11.2. The number of rotatable bonds is 1. The summed E-state index contributed by atoms with van der Waals surface area (Å²) in [5.74, 6) is 0.332. The van der Waals surface area contributed by atoms with Crippen LogP contribution in [0.3, 0.4) is 0 Å². The number of carbonyl (C=O) groups is 1. The monoisotopic (exact) mass is 208 g/mol. The van der Waals surface area contributed by atoms with E-state index in [0.29, 0.717) is 11.4 Å². The maximum atomic E-state index is 11.6. The first-order chi connectivity index (χ1) is 7.00. The van der Waals surface area contributed by atoms with Crippen LogP contribution in [0.4, 0.5) is 11.8 Å². The van der Waals surface area contributed by atoms with E-state index in [9.17, 15) is 9.59 Å². The van der Waals surface area contributed by atoms with Gasteiger partial charge in [-0.1, -0.05) is 0 Å². The Morgan fingerprint density at radius 2 is 2.13 bits per heavy atom. The van der Waals surface area contributed by atoms with E-state index in [1.165, 1.54) is 4.90 Å². The summed E-state index contributed by atoms with van der Waals surface area (Å²) in [6.45, 7) is 3.73. The summed E-state index contributed by atoms with van der Waals surface area (Å²) in [4.78, 5) is 31.0. The van der Waals surface area contributed by atoms with Gasteiger partial charge in [-0.25, -0.2) is 0 Å². The van der Waals surface area contributed by atoms with Gasteiger partial charge in [0.1, 0.15) is 5.82 Å². The lowest BCUT2D eigenvalue weighted by atomic mass is 10.3. The molecule has 1 aliphatic rings. The smallest absolute Gasteiger partial charge is 0.258 e. The quantitative estimate of drug-likeness (QED) is 0.659. The number of nitrogens with zero attached hydrogens (tertiary/aromatic N) is 2. The number of hydrogen-bond donors (Lipinski definition) is 2. The predicted octanol–water partition coefficient (Wildman–Crippen LogP) is -0.350. The summed E-state index contributed by atoms with van der Waals surface area (Å²) >= 11 is 0. The number of carbonyl (C=O) groups excluding carboxylic acids is 1. The normalized spacial score (nSPS) is 14.9. The minimum absolute atomic E-state index is 0.0209. The molecule has 6 nitrogen and oxygen atoms in total. The zero-order valence-electron chi connectivity index (χ0n) is 8.57. The van der Waals surface area contributed by atoms with Crippen LogP contribution >= 0.6 is 0 Å². The van der Waals surface area contributed by atoms with Crippen molar-refractivity contribution in [1.29, 1.82) is 0 Å². The molecule has 15 heavy (non-hydrogen) atoms. The van der Waals surface area contributed by atoms with Crippen molar-refractivity contribution in [2.75, 3.05) is 10.6 Å². The molecule has 0 saturated heterocycles. The SMILES string of the molecule is CC(C)N1C(=O)Cc2c1nc(N)[nH]c2=O. The lowest BCUT2D eigenvalue weighted by Crippen LogP contribution is -2.34. The van der Waals surface area contributed by atoms with Crippen LogP contribution in [-0.2, 0) is 11.2 Å². The molecule has 0 bridgehead atoms. The number of nitrogen functional groups attached to an aromatic ring is 1. The first-order valence-electron chi connectivity index (χ1n) is 4.71. The van der Waals surface area contributed by atoms with Crippen molar-refractivity contribution in [3.63, 3.8) is 0 Å². The van der Waals surface area contributed by atoms with Gasteiger partial charge in [0, 0.05) is 6.04 Å². The largest absolute Gasteiger partial charge is 0.369 e. The second-order valence-corrected chi connectivity index (χ2v) is 3.79. The highest BCUT2D eigenvalue weighted by atomic mass is 16.2. The Hall–Kier alpha value is -1.85. The number of H-pyrrole nitrogens is 1. The maximum Gasteiger partial charge on any atom is 0.258 e. The van der Waals surface area contributed by atoms with Crippen molar-refractivity contribution < 1.29 is 4.79 Å². The van der Waals surface area contributed by atoms with Crippen molar-refractivity contribution in [2.24, 2.45) is 0 Å². The van der Waals surface area contributed by atoms with Gasteiger partial charge in [0.2, 0.25) is 11.9 Å². The first kappa shape index (κ1) is 9.70. The van der Waals surface area contributed by atoms with Gasteiger partial charge in [0.05, 0.1) is 12.0 Å². The van der Waals surface area contributed by atoms with Gasteiger partial charge in [0.15, 0.2) is 0 Å². The lowest BCUT2D eigenvalue weighted by Gasteiger charge is -2.20. The Morgan fingerprint density at radius 3 is 2.73 bits per heavy atom. The standard InChI is InChI=1S/C9H12N4O2/c1-4(2)13-6(14)3-5-7(13)11-9(10)12-8(5)15/h4H,3H2,1-2H3,(H3,10,11,12,15). The van der Waals surface area contributed by atoms with Gasteiger partial charge in [-0.15, -0.1) is 0 Å². The Bertz CT molecular complexity index is 477. The van der Waals surface area contributed by atoms with Gasteiger partial charge in [-0.2, -0.15) is 4.98 Å². The van der Waals surface area contributed by atoms with E-state index in [2.05, 4.69) is 9.97 Å². The second kappa shape index (κ2) is 3.08. The molecule has 0 saturated carbocycles. The van der Waals surface area contributed by atoms with E-state index in [4.69, 9.17) is 5.73 Å². The van der Waals surface area contributed by atoms with Crippen molar-refractivity contribution >= 4 is 17.7 Å². The second-order valence-electron chi connectivity index (χ2n) is 3.79. The third-order valence-corrected chi connectivity index (χ3v) is 2.35. The first-order valence-corrected chi connectivity index (χ1v) is 4.71. The Morgan fingerprint density at radius 1 is 1.47 bits per heavy atom. The predicted molar refractivity (Wildman–Crippen MR) is 55.6 cm³/mol. The number of nitrogens with one attached hydrogen (secondary N) is 1. The molecule has 0 atom stereocenters. The molecule has 0 spiro atoms. The molecule has 1 amide bonds. The average Bonchev–Trinajstić information content (AvgIpc) is 2.41. The number of anilines is 2. The molecule has 1 aromatic rings. The third kappa shape index (κ3) is 1.38. The highest BCUT2D eigenvalue weighted by Crippen LogP contribution is 2.25. The molecule has 2 rings (SSSR count). The van der Waals surface area contributed by atoms with Crippen LogP contribution < -0.4 is 16.2 Å². The number of amides is 1. The minimum Gasteiger partial charge on any atom is -0.369 e. The summed E-state index contributed by atoms with van der Waals surface area (Å²) in [5.41, 5.74) is 5.52. The third-order valence-electron chi connectivity index (χ3n) is 2.35. The van der Waals surface area contributed by atoms with Gasteiger partial charge in [-0.05, 0) is 13.8 Å². The number of aromatic amines is 1. The zero-order valence-corrected chi connectivity index (χ0v) is 8.57. The molecule has 3 N–H and O–H groups in total. The summed E-state index contributed by atoms with van der Waals surface area (Å²) in [7, 11) is 0. The molecule has 2 heterocycles. The Balaban J connectivity index is 2.63. The number of aromatic nitrogens is 2. The summed E-state index contributed by atoms with van der Waals surface area (Å²) in [5, 5.41) is 0. The van der Waals surface area contributed by atoms with E-state index in [0.717, 1.165) is 0 Å². The molecular formula is C9H12N4O2. The molecule has 80 valence electrons. The molecule has 1 aromatic heterocycles. The van der Waals surface area contributed by atoms with E-state index in [1.54, 1.807) is 0 Å². The molecule has 1 aliphatic heterocycles. The molecule has 0 aromatic carbocycles. The van der Waals surface area contributed by atoms with E-state index in [-0.39, 0.29) is 29.9 Å². The highest BCUT2D eigenvalue weighted by Gasteiger charge is 2.33. The van der Waals surface area contributed by atoms with Gasteiger partial charge in [0.25, 0.3) is 5.56 Å². The van der Waals surface area contributed by atoms with Crippen molar-refractivity contribution in [2.45, 2.75) is 26.3 Å². The van der Waals surface area contributed by atoms with Crippen LogP contribution in [0, 0.1) is 0 Å². The molecule has 0 aliphatic carbocycles. The van der Waals surface area contributed by atoms with Gasteiger partial charge >= 0.3 is 0 Å². The van der Waals surface area contributed by atoms with Crippen molar-refractivity contribution in [3.8, 4) is 0 Å². The maximum absolute atomic E-state index is 11.6. The fourth-order valence-electron chi connectivity index (χ4n) is 1.75. The fourth-order valence-corrected chi connectivity index (χ4v) is 1.75. The molecule has 0 unspecified atom stereocenters. The minimum atomic E-state index is -0.325. The van der Waals surface area contributed by atoms with Crippen LogP contribution in [0.15, 0.2) is 4.79 Å². The molecule has 0 fully saturated rings. The van der Waals surface area contributed by atoms with E-state index >= 15 is 0 Å². The van der Waals surface area contributed by atoms with Crippen LogP contribution in [0.25, 0.3) is 0 Å². The topological polar surface area (TPSA) is 92.1 Å². The summed E-state index contributed by atoms with van der Waals surface area (Å²) in [6, 6.07) is -0.0209. The van der Waals surface area contributed by atoms with E-state index < -0.39 is 0 Å². The fraction of sp³-hybridized carbons (Fsp3) is 0.444. The van der Waals surface area contributed by atoms with Gasteiger partial charge in [-0.3, -0.25) is 19.5 Å². The van der Waals surface area contributed by atoms with Crippen LogP contribution in [-0.4, -0.2) is 21.9 Å². The van der Waals surface area contributed by atoms with Crippen LogP contribution in [0.2, 0.25) is 0 Å². The Kier molecular flexibility index (Phi) is 1.99. The molecular weight excluding hydrogens is 196 g/mol. The molecule has 0 radical (unpaired) electrons. The van der Waals surface area contributed by atoms with E-state index in [1.807, 2.05) is 13.8 Å². The number of fused-ring (bicyclic) bond motifs is 1. The number of nitrogens with two attached hydrogens (primary N) is 1. The van der Waals surface area contributed by atoms with Crippen molar-refractivity contribution in [3.05, 3.63) is 15.9 Å². The molecule has 6 heteroatoms. The Labute approximate surface area is 86.1 Å². The average molecular weight is 208 g/mol. The van der Waals surface area contributed by atoms with Crippen LogP contribution in [0.1, 0.15) is 19.4 Å². The van der Waals surface area contributed by atoms with Crippen molar-refractivity contribution in [1.82, 2.24) is 9.97 Å².